The number of rotatable bonds is 6. The van der Waals surface area contributed by atoms with E-state index < -0.39 is 10.0 Å². The van der Waals surface area contributed by atoms with Crippen molar-refractivity contribution in [3.63, 3.8) is 0 Å². The quantitative estimate of drug-likeness (QED) is 0.565. The molecule has 1 aliphatic heterocycles. The minimum atomic E-state index is -3.85. The first-order chi connectivity index (χ1) is 14.1. The van der Waals surface area contributed by atoms with Gasteiger partial charge in [-0.15, -0.1) is 6.58 Å². The van der Waals surface area contributed by atoms with Crippen LogP contribution >= 0.6 is 0 Å². The highest BCUT2D eigenvalue weighted by Gasteiger charge is 2.28. The normalized spacial score (nSPS) is 13.0. The molecule has 148 valence electrons. The highest BCUT2D eigenvalue weighted by atomic mass is 32.2. The third-order valence-corrected chi connectivity index (χ3v) is 6.43. The molecular formula is C23H21NO4S. The molecule has 3 aromatic rings. The number of hydrogen-bond acceptors (Lipinski definition) is 4. The Hall–Kier alpha value is -3.25. The van der Waals surface area contributed by atoms with Crippen LogP contribution < -0.4 is 13.8 Å². The maximum absolute atomic E-state index is 13.6. The molecule has 3 aromatic carbocycles. The zero-order valence-corrected chi connectivity index (χ0v) is 16.6. The van der Waals surface area contributed by atoms with E-state index in [1.165, 1.54) is 10.4 Å². The van der Waals surface area contributed by atoms with Crippen molar-refractivity contribution in [1.29, 1.82) is 0 Å². The number of nitrogens with zero attached hydrogens (tertiary/aromatic N) is 1. The van der Waals surface area contributed by atoms with Gasteiger partial charge >= 0.3 is 0 Å². The van der Waals surface area contributed by atoms with Crippen LogP contribution in [-0.2, 0) is 10.0 Å². The van der Waals surface area contributed by atoms with Crippen molar-refractivity contribution in [2.45, 2.75) is 4.90 Å². The van der Waals surface area contributed by atoms with Gasteiger partial charge in [-0.1, -0.05) is 54.6 Å². The molecule has 4 rings (SSSR count). The molecule has 6 heteroatoms. The molecule has 5 nitrogen and oxygen atoms in total. The smallest absolute Gasteiger partial charge is 0.264 e. The van der Waals surface area contributed by atoms with Crippen molar-refractivity contribution in [2.24, 2.45) is 0 Å². The van der Waals surface area contributed by atoms with Crippen LogP contribution in [0, 0.1) is 0 Å². The molecule has 0 radical (unpaired) electrons. The predicted molar refractivity (Wildman–Crippen MR) is 114 cm³/mol. The highest BCUT2D eigenvalue weighted by molar-refractivity contribution is 7.92. The first-order valence-electron chi connectivity index (χ1n) is 9.29. The maximum atomic E-state index is 13.6. The van der Waals surface area contributed by atoms with Crippen LogP contribution in [0.1, 0.15) is 0 Å². The highest BCUT2D eigenvalue weighted by Crippen LogP contribution is 2.37. The number of fused-ring (bicyclic) bond motifs is 1. The van der Waals surface area contributed by atoms with Crippen LogP contribution in [0.2, 0.25) is 0 Å². The molecular weight excluding hydrogens is 386 g/mol. The summed E-state index contributed by atoms with van der Waals surface area (Å²) in [6, 6.07) is 21.9. The van der Waals surface area contributed by atoms with Crippen molar-refractivity contribution in [1.82, 2.24) is 0 Å². The fourth-order valence-electron chi connectivity index (χ4n) is 3.31. The molecule has 0 saturated heterocycles. The third-order valence-electron chi connectivity index (χ3n) is 4.65. The Labute approximate surface area is 170 Å². The fourth-order valence-corrected chi connectivity index (χ4v) is 4.78. The topological polar surface area (TPSA) is 55.8 Å². The van der Waals surface area contributed by atoms with E-state index in [0.717, 1.165) is 11.1 Å². The summed E-state index contributed by atoms with van der Waals surface area (Å²) in [6.45, 7) is 4.74. The monoisotopic (exact) mass is 407 g/mol. The molecule has 0 bridgehead atoms. The predicted octanol–water partition coefficient (Wildman–Crippen LogP) is 4.51. The number of anilines is 1. The molecule has 0 fully saturated rings. The molecule has 0 aliphatic carbocycles. The van der Waals surface area contributed by atoms with Gasteiger partial charge in [0.1, 0.15) is 13.2 Å². The van der Waals surface area contributed by atoms with Crippen LogP contribution in [0.25, 0.3) is 11.1 Å². The number of ether oxygens (including phenoxy) is 2. The average molecular weight is 407 g/mol. The number of sulfonamides is 1. The van der Waals surface area contributed by atoms with Gasteiger partial charge in [0.2, 0.25) is 0 Å². The summed E-state index contributed by atoms with van der Waals surface area (Å²) in [5.41, 5.74) is 2.36. The molecule has 0 amide bonds. The second kappa shape index (κ2) is 8.01. The first kappa shape index (κ1) is 19.1. The Balaban J connectivity index is 1.82. The van der Waals surface area contributed by atoms with E-state index in [1.807, 2.05) is 48.5 Å². The van der Waals surface area contributed by atoms with Crippen molar-refractivity contribution >= 4 is 15.7 Å². The minimum absolute atomic E-state index is 0.140. The van der Waals surface area contributed by atoms with Gasteiger partial charge in [0, 0.05) is 11.6 Å². The maximum Gasteiger partial charge on any atom is 0.264 e. The van der Waals surface area contributed by atoms with E-state index in [1.54, 1.807) is 24.3 Å². The van der Waals surface area contributed by atoms with Crippen LogP contribution in [0.5, 0.6) is 11.5 Å². The summed E-state index contributed by atoms with van der Waals surface area (Å²) < 4.78 is 39.6. The van der Waals surface area contributed by atoms with E-state index in [9.17, 15) is 8.42 Å². The van der Waals surface area contributed by atoms with Crippen molar-refractivity contribution in [3.05, 3.63) is 85.5 Å². The second-order valence-electron chi connectivity index (χ2n) is 6.51. The van der Waals surface area contributed by atoms with Crippen molar-refractivity contribution in [3.8, 4) is 22.6 Å². The lowest BCUT2D eigenvalue weighted by Gasteiger charge is -2.26. The van der Waals surface area contributed by atoms with Crippen molar-refractivity contribution < 1.29 is 17.9 Å². The van der Waals surface area contributed by atoms with Gasteiger partial charge in [-0.25, -0.2) is 8.42 Å². The summed E-state index contributed by atoms with van der Waals surface area (Å²) in [5, 5.41) is 0. The first-order valence-corrected chi connectivity index (χ1v) is 10.7. The Kier molecular flexibility index (Phi) is 5.27. The minimum Gasteiger partial charge on any atom is -0.486 e. The van der Waals surface area contributed by atoms with Gasteiger partial charge in [-0.05, 0) is 23.8 Å². The molecule has 0 N–H and O–H groups in total. The molecule has 0 aromatic heterocycles. The second-order valence-corrected chi connectivity index (χ2v) is 8.38. The SMILES string of the molecule is C=CCN(c1ccccc1-c1ccccc1)S(=O)(=O)c1ccc2c(c1)OCCO2. The van der Waals surface area contributed by atoms with E-state index in [2.05, 4.69) is 6.58 Å². The van der Waals surface area contributed by atoms with E-state index >= 15 is 0 Å². The standard InChI is InChI=1S/C23H21NO4S/c1-2-14-24(21-11-7-6-10-20(21)18-8-4-3-5-9-18)29(25,26)19-12-13-22-23(17-19)28-16-15-27-22/h2-13,17H,1,14-16H2. The van der Waals surface area contributed by atoms with Gasteiger partial charge in [0.15, 0.2) is 11.5 Å². The molecule has 1 heterocycles. The van der Waals surface area contributed by atoms with E-state index in [-0.39, 0.29) is 11.4 Å². The van der Waals surface area contributed by atoms with Crippen LogP contribution in [0.15, 0.2) is 90.3 Å². The Morgan fingerprint density at radius 2 is 1.59 bits per heavy atom. The average Bonchev–Trinajstić information content (AvgIpc) is 2.77. The summed E-state index contributed by atoms with van der Waals surface area (Å²) in [6.07, 6.45) is 1.58. The van der Waals surface area contributed by atoms with Gasteiger partial charge in [0.05, 0.1) is 17.1 Å². The van der Waals surface area contributed by atoms with Crippen LogP contribution in [0.4, 0.5) is 5.69 Å². The Morgan fingerprint density at radius 3 is 2.34 bits per heavy atom. The largest absolute Gasteiger partial charge is 0.486 e. The molecule has 1 aliphatic rings. The Morgan fingerprint density at radius 1 is 0.897 bits per heavy atom. The van der Waals surface area contributed by atoms with E-state index in [4.69, 9.17) is 9.47 Å². The molecule has 0 unspecified atom stereocenters. The van der Waals surface area contributed by atoms with Gasteiger partial charge in [0.25, 0.3) is 10.0 Å². The van der Waals surface area contributed by atoms with Gasteiger partial charge in [-0.2, -0.15) is 0 Å². The lowest BCUT2D eigenvalue weighted by molar-refractivity contribution is 0.171. The number of benzene rings is 3. The fraction of sp³-hybridized carbons (Fsp3) is 0.130. The number of para-hydroxylation sites is 1. The Bertz CT molecular complexity index is 1130. The van der Waals surface area contributed by atoms with Gasteiger partial charge in [-0.3, -0.25) is 4.31 Å². The molecule has 29 heavy (non-hydrogen) atoms. The third kappa shape index (κ3) is 3.71. The van der Waals surface area contributed by atoms with Crippen molar-refractivity contribution in [2.75, 3.05) is 24.1 Å². The zero-order valence-electron chi connectivity index (χ0n) is 15.8. The molecule has 0 atom stereocenters. The lowest BCUT2D eigenvalue weighted by Crippen LogP contribution is -2.31. The van der Waals surface area contributed by atoms with E-state index in [0.29, 0.717) is 30.4 Å². The summed E-state index contributed by atoms with van der Waals surface area (Å²) in [4.78, 5) is 0.145. The van der Waals surface area contributed by atoms with Gasteiger partial charge < -0.3 is 9.47 Å². The molecule has 0 spiro atoms. The summed E-state index contributed by atoms with van der Waals surface area (Å²) >= 11 is 0. The summed E-state index contributed by atoms with van der Waals surface area (Å²) in [7, 11) is -3.85. The lowest BCUT2D eigenvalue weighted by atomic mass is 10.0. The molecule has 0 saturated carbocycles. The zero-order chi connectivity index (χ0) is 20.3. The summed E-state index contributed by atoms with van der Waals surface area (Å²) in [5.74, 6) is 0.988. The van der Waals surface area contributed by atoms with Crippen LogP contribution in [-0.4, -0.2) is 28.2 Å². The number of hydrogen-bond donors (Lipinski definition) is 0. The van der Waals surface area contributed by atoms with Crippen LogP contribution in [0.3, 0.4) is 0 Å².